The predicted octanol–water partition coefficient (Wildman–Crippen LogP) is 2.23. The first-order valence-electron chi connectivity index (χ1n) is 10.8. The van der Waals surface area contributed by atoms with Crippen LogP contribution in [0.3, 0.4) is 0 Å². The van der Waals surface area contributed by atoms with Crippen LogP contribution in [-0.4, -0.2) is 72.5 Å². The number of nitrogens with one attached hydrogen (secondary N) is 1. The van der Waals surface area contributed by atoms with Gasteiger partial charge in [0, 0.05) is 38.1 Å². The molecular weight excluding hydrogens is 380 g/mol. The Balaban J connectivity index is 1.55. The number of benzene rings is 1. The molecular formula is C23H30N4O3. The third-order valence-corrected chi connectivity index (χ3v) is 5.70. The molecule has 2 aromatic rings. The summed E-state index contributed by atoms with van der Waals surface area (Å²) in [6.07, 6.45) is 0.837. The maximum Gasteiger partial charge on any atom is 0.252 e. The Morgan fingerprint density at radius 2 is 2.03 bits per heavy atom. The molecule has 0 bridgehead atoms. The predicted molar refractivity (Wildman–Crippen MR) is 115 cm³/mol. The number of fused-ring (bicyclic) bond motifs is 1. The second-order valence-electron chi connectivity index (χ2n) is 8.54. The molecule has 0 aliphatic carbocycles. The summed E-state index contributed by atoms with van der Waals surface area (Å²) >= 11 is 0. The Morgan fingerprint density at radius 3 is 2.77 bits per heavy atom. The van der Waals surface area contributed by atoms with Gasteiger partial charge in [-0.1, -0.05) is 32.0 Å². The van der Waals surface area contributed by atoms with E-state index >= 15 is 0 Å². The molecule has 1 N–H and O–H groups in total. The molecule has 0 radical (unpaired) electrons. The maximum absolute atomic E-state index is 12.9. The first kappa shape index (κ1) is 20.8. The molecule has 2 saturated heterocycles. The number of amides is 2. The molecule has 2 aliphatic rings. The zero-order valence-corrected chi connectivity index (χ0v) is 17.8. The van der Waals surface area contributed by atoms with Crippen molar-refractivity contribution in [1.82, 2.24) is 20.1 Å². The Bertz CT molecular complexity index is 926. The fourth-order valence-corrected chi connectivity index (χ4v) is 3.82. The number of hydrogen-bond donors (Lipinski definition) is 1. The summed E-state index contributed by atoms with van der Waals surface area (Å²) in [7, 11) is 0. The van der Waals surface area contributed by atoms with Crippen molar-refractivity contribution >= 4 is 22.7 Å². The third kappa shape index (κ3) is 4.63. The van der Waals surface area contributed by atoms with Crippen LogP contribution in [0.15, 0.2) is 30.3 Å². The van der Waals surface area contributed by atoms with Crippen LogP contribution in [0.25, 0.3) is 10.9 Å². The second-order valence-corrected chi connectivity index (χ2v) is 8.54. The first-order valence-corrected chi connectivity index (χ1v) is 10.8. The molecule has 2 amide bonds. The van der Waals surface area contributed by atoms with Crippen molar-refractivity contribution in [3.05, 3.63) is 41.6 Å². The smallest absolute Gasteiger partial charge is 0.252 e. The van der Waals surface area contributed by atoms with Crippen molar-refractivity contribution < 1.29 is 14.3 Å². The molecule has 0 saturated carbocycles. The summed E-state index contributed by atoms with van der Waals surface area (Å²) in [5.41, 5.74) is 2.14. The molecule has 30 heavy (non-hydrogen) atoms. The van der Waals surface area contributed by atoms with E-state index in [-0.39, 0.29) is 17.9 Å². The van der Waals surface area contributed by atoms with E-state index in [1.165, 1.54) is 0 Å². The number of morpholine rings is 1. The van der Waals surface area contributed by atoms with Gasteiger partial charge in [-0.15, -0.1) is 0 Å². The van der Waals surface area contributed by atoms with Gasteiger partial charge in [0.05, 0.1) is 29.9 Å². The average Bonchev–Trinajstić information content (AvgIpc) is 2.70. The van der Waals surface area contributed by atoms with Crippen molar-refractivity contribution in [2.24, 2.45) is 5.92 Å². The Morgan fingerprint density at radius 1 is 1.23 bits per heavy atom. The summed E-state index contributed by atoms with van der Waals surface area (Å²) in [4.78, 5) is 34.1. The van der Waals surface area contributed by atoms with Crippen molar-refractivity contribution in [3.8, 4) is 0 Å². The Kier molecular flexibility index (Phi) is 6.29. The van der Waals surface area contributed by atoms with Crippen LogP contribution in [0.5, 0.6) is 0 Å². The zero-order valence-electron chi connectivity index (χ0n) is 17.8. The number of pyridine rings is 1. The lowest BCUT2D eigenvalue weighted by atomic mass is 10.0. The molecule has 0 unspecified atom stereocenters. The van der Waals surface area contributed by atoms with Crippen LogP contribution in [0.4, 0.5) is 0 Å². The molecule has 7 heteroatoms. The summed E-state index contributed by atoms with van der Waals surface area (Å²) in [5, 5.41) is 3.85. The van der Waals surface area contributed by atoms with Crippen LogP contribution in [0.2, 0.25) is 0 Å². The van der Waals surface area contributed by atoms with Crippen molar-refractivity contribution in [2.45, 2.75) is 26.4 Å². The number of ether oxygens (including phenoxy) is 1. The SMILES string of the molecule is CC(C)CNC(=O)c1cc([C@H]2CN(CC(=O)N3CCC3)CCO2)nc2ccccc12. The van der Waals surface area contributed by atoms with Gasteiger partial charge >= 0.3 is 0 Å². The highest BCUT2D eigenvalue weighted by Gasteiger charge is 2.28. The third-order valence-electron chi connectivity index (χ3n) is 5.70. The van der Waals surface area contributed by atoms with Crippen LogP contribution < -0.4 is 5.32 Å². The van der Waals surface area contributed by atoms with E-state index in [9.17, 15) is 9.59 Å². The lowest BCUT2D eigenvalue weighted by molar-refractivity contribution is -0.137. The van der Waals surface area contributed by atoms with E-state index in [1.54, 1.807) is 0 Å². The number of rotatable bonds is 6. The van der Waals surface area contributed by atoms with Gasteiger partial charge in [-0.05, 0) is 24.5 Å². The number of carbonyl (C=O) groups is 2. The molecule has 2 aliphatic heterocycles. The quantitative estimate of drug-likeness (QED) is 0.791. The standard InChI is InChI=1S/C23H30N4O3/c1-16(2)13-24-23(29)18-12-20(25-19-7-4-3-6-17(18)19)21-14-26(10-11-30-21)15-22(28)27-8-5-9-27/h3-4,6-7,12,16,21H,5,8-11,13-15H2,1-2H3,(H,24,29)/t21-/m1/s1. The lowest BCUT2D eigenvalue weighted by Crippen LogP contribution is -2.49. The second kappa shape index (κ2) is 9.10. The van der Waals surface area contributed by atoms with E-state index in [0.717, 1.165) is 42.7 Å². The lowest BCUT2D eigenvalue weighted by Gasteiger charge is -2.36. The number of hydrogen-bond acceptors (Lipinski definition) is 5. The van der Waals surface area contributed by atoms with E-state index in [4.69, 9.17) is 9.72 Å². The van der Waals surface area contributed by atoms with Crippen LogP contribution in [0.1, 0.15) is 42.4 Å². The van der Waals surface area contributed by atoms with Gasteiger partial charge < -0.3 is 15.0 Å². The van der Waals surface area contributed by atoms with E-state index in [1.807, 2.05) is 35.2 Å². The Hall–Kier alpha value is -2.51. The molecule has 0 spiro atoms. The molecule has 160 valence electrons. The minimum atomic E-state index is -0.260. The maximum atomic E-state index is 12.9. The topological polar surface area (TPSA) is 74.8 Å². The summed E-state index contributed by atoms with van der Waals surface area (Å²) in [5.74, 6) is 0.465. The largest absolute Gasteiger partial charge is 0.369 e. The van der Waals surface area contributed by atoms with Gasteiger partial charge in [0.2, 0.25) is 5.91 Å². The Labute approximate surface area is 177 Å². The summed E-state index contributed by atoms with van der Waals surface area (Å²) in [6, 6.07) is 9.55. The molecule has 7 nitrogen and oxygen atoms in total. The van der Waals surface area contributed by atoms with Crippen molar-refractivity contribution in [1.29, 1.82) is 0 Å². The van der Waals surface area contributed by atoms with Crippen LogP contribution in [0, 0.1) is 5.92 Å². The minimum Gasteiger partial charge on any atom is -0.369 e. The summed E-state index contributed by atoms with van der Waals surface area (Å²) in [6.45, 7) is 8.78. The molecule has 1 aromatic carbocycles. The van der Waals surface area contributed by atoms with Crippen LogP contribution >= 0.6 is 0 Å². The number of aromatic nitrogens is 1. The molecule has 1 aromatic heterocycles. The monoisotopic (exact) mass is 410 g/mol. The fourth-order valence-electron chi connectivity index (χ4n) is 3.82. The van der Waals surface area contributed by atoms with Gasteiger partial charge in [-0.25, -0.2) is 4.98 Å². The van der Waals surface area contributed by atoms with E-state index in [2.05, 4.69) is 24.1 Å². The fraction of sp³-hybridized carbons (Fsp3) is 0.522. The highest BCUT2D eigenvalue weighted by molar-refractivity contribution is 6.06. The molecule has 1 atom stereocenters. The van der Waals surface area contributed by atoms with Gasteiger partial charge in [0.15, 0.2) is 0 Å². The highest BCUT2D eigenvalue weighted by atomic mass is 16.5. The minimum absolute atomic E-state index is 0.0934. The number of nitrogens with zero attached hydrogens (tertiary/aromatic N) is 3. The van der Waals surface area contributed by atoms with Gasteiger partial charge in [0.1, 0.15) is 6.10 Å². The van der Waals surface area contributed by atoms with E-state index < -0.39 is 0 Å². The zero-order chi connectivity index (χ0) is 21.1. The summed E-state index contributed by atoms with van der Waals surface area (Å²) < 4.78 is 6.00. The average molecular weight is 411 g/mol. The van der Waals surface area contributed by atoms with Gasteiger partial charge in [0.25, 0.3) is 5.91 Å². The molecule has 3 heterocycles. The normalized spacial score (nSPS) is 19.7. The molecule has 2 fully saturated rings. The number of para-hydroxylation sites is 1. The van der Waals surface area contributed by atoms with Gasteiger partial charge in [-0.2, -0.15) is 0 Å². The van der Waals surface area contributed by atoms with Crippen molar-refractivity contribution in [2.75, 3.05) is 45.9 Å². The highest BCUT2D eigenvalue weighted by Crippen LogP contribution is 2.26. The number of carbonyl (C=O) groups excluding carboxylic acids is 2. The number of likely N-dealkylation sites (tertiary alicyclic amines) is 1. The first-order chi connectivity index (χ1) is 14.5. The van der Waals surface area contributed by atoms with E-state index in [0.29, 0.717) is 37.7 Å². The van der Waals surface area contributed by atoms with Crippen LogP contribution in [-0.2, 0) is 9.53 Å². The van der Waals surface area contributed by atoms with Crippen molar-refractivity contribution in [3.63, 3.8) is 0 Å². The van der Waals surface area contributed by atoms with Gasteiger partial charge in [-0.3, -0.25) is 14.5 Å². The molecule has 4 rings (SSSR count).